The number of anilines is 1. The number of rotatable bonds is 10. The Morgan fingerprint density at radius 3 is 2.61 bits per heavy atom. The lowest BCUT2D eigenvalue weighted by Crippen LogP contribution is -2.21. The zero-order valence-corrected chi connectivity index (χ0v) is 16.1. The molecule has 8 nitrogen and oxygen atoms in total. The van der Waals surface area contributed by atoms with Crippen LogP contribution in [0.1, 0.15) is 13.3 Å². The minimum Gasteiger partial charge on any atom is -0.494 e. The summed E-state index contributed by atoms with van der Waals surface area (Å²) in [4.78, 5) is 35.3. The Hall–Kier alpha value is -3.07. The SMILES string of the molecule is CCOc1ccc(NC(=O)COC(=O)CCSc2ccccc2)c([N+](=O)[O-])c1. The van der Waals surface area contributed by atoms with Crippen molar-refractivity contribution in [1.82, 2.24) is 0 Å². The first-order valence-corrected chi connectivity index (χ1v) is 9.52. The zero-order chi connectivity index (χ0) is 20.4. The van der Waals surface area contributed by atoms with Gasteiger partial charge in [-0.2, -0.15) is 0 Å². The van der Waals surface area contributed by atoms with Gasteiger partial charge in [0.1, 0.15) is 11.4 Å². The van der Waals surface area contributed by atoms with E-state index in [0.717, 1.165) is 4.90 Å². The van der Waals surface area contributed by atoms with Crippen LogP contribution in [0, 0.1) is 10.1 Å². The van der Waals surface area contributed by atoms with E-state index in [9.17, 15) is 19.7 Å². The Balaban J connectivity index is 1.80. The standard InChI is InChI=1S/C19H20N2O6S/c1-2-26-14-8-9-16(17(12-14)21(24)25)20-18(22)13-27-19(23)10-11-28-15-6-4-3-5-7-15/h3-9,12H,2,10-11,13H2,1H3,(H,20,22). The van der Waals surface area contributed by atoms with Gasteiger partial charge in [-0.25, -0.2) is 0 Å². The number of carbonyl (C=O) groups excluding carboxylic acids is 2. The molecule has 0 atom stereocenters. The highest BCUT2D eigenvalue weighted by Crippen LogP contribution is 2.29. The molecule has 2 rings (SSSR count). The number of ether oxygens (including phenoxy) is 2. The fourth-order valence-corrected chi connectivity index (χ4v) is 3.05. The summed E-state index contributed by atoms with van der Waals surface area (Å²) in [6.07, 6.45) is 0.149. The van der Waals surface area contributed by atoms with Crippen LogP contribution in [-0.4, -0.2) is 35.8 Å². The van der Waals surface area contributed by atoms with Gasteiger partial charge in [-0.05, 0) is 31.2 Å². The third kappa shape index (κ3) is 6.92. The summed E-state index contributed by atoms with van der Waals surface area (Å²) >= 11 is 1.51. The third-order valence-electron chi connectivity index (χ3n) is 3.43. The van der Waals surface area contributed by atoms with Crippen molar-refractivity contribution in [3.63, 3.8) is 0 Å². The maximum Gasteiger partial charge on any atom is 0.307 e. The Kier molecular flexibility index (Phi) is 8.29. The molecule has 0 spiro atoms. The number of amides is 1. The van der Waals surface area contributed by atoms with Crippen LogP contribution in [0.15, 0.2) is 53.4 Å². The highest BCUT2D eigenvalue weighted by atomic mass is 32.2. The average molecular weight is 404 g/mol. The van der Waals surface area contributed by atoms with E-state index >= 15 is 0 Å². The number of hydrogen-bond acceptors (Lipinski definition) is 7. The first-order valence-electron chi connectivity index (χ1n) is 8.54. The van der Waals surface area contributed by atoms with Crippen LogP contribution in [0.2, 0.25) is 0 Å². The van der Waals surface area contributed by atoms with E-state index in [1.54, 1.807) is 6.92 Å². The lowest BCUT2D eigenvalue weighted by atomic mass is 10.2. The Morgan fingerprint density at radius 1 is 1.18 bits per heavy atom. The van der Waals surface area contributed by atoms with E-state index < -0.39 is 23.4 Å². The van der Waals surface area contributed by atoms with Crippen molar-refractivity contribution in [2.45, 2.75) is 18.2 Å². The molecule has 2 aromatic rings. The molecule has 0 aromatic heterocycles. The number of benzene rings is 2. The Morgan fingerprint density at radius 2 is 1.93 bits per heavy atom. The summed E-state index contributed by atoms with van der Waals surface area (Å²) in [5, 5.41) is 13.6. The fraction of sp³-hybridized carbons (Fsp3) is 0.263. The predicted molar refractivity (Wildman–Crippen MR) is 106 cm³/mol. The summed E-state index contributed by atoms with van der Waals surface area (Å²) in [5.41, 5.74) is -0.293. The van der Waals surface area contributed by atoms with Gasteiger partial charge in [0, 0.05) is 10.6 Å². The first kappa shape index (κ1) is 21.2. The number of carbonyl (C=O) groups is 2. The number of nitrogens with zero attached hydrogens (tertiary/aromatic N) is 1. The van der Waals surface area contributed by atoms with Crippen LogP contribution in [0.4, 0.5) is 11.4 Å². The quantitative estimate of drug-likeness (QED) is 0.279. The molecule has 0 bridgehead atoms. The monoisotopic (exact) mass is 404 g/mol. The first-order chi connectivity index (χ1) is 13.5. The molecule has 0 aliphatic rings. The molecular weight excluding hydrogens is 384 g/mol. The Labute approximate surface area is 166 Å². The van der Waals surface area contributed by atoms with Crippen molar-refractivity contribution < 1.29 is 24.0 Å². The number of esters is 1. The van der Waals surface area contributed by atoms with Crippen molar-refractivity contribution in [3.05, 3.63) is 58.6 Å². The van der Waals surface area contributed by atoms with Crippen molar-refractivity contribution in [3.8, 4) is 5.75 Å². The summed E-state index contributed by atoms with van der Waals surface area (Å²) in [6.45, 7) is 1.61. The lowest BCUT2D eigenvalue weighted by molar-refractivity contribution is -0.384. The molecule has 0 saturated carbocycles. The normalized spacial score (nSPS) is 10.2. The summed E-state index contributed by atoms with van der Waals surface area (Å²) in [7, 11) is 0. The molecule has 2 aromatic carbocycles. The van der Waals surface area contributed by atoms with Gasteiger partial charge in [0.15, 0.2) is 6.61 Å². The second kappa shape index (κ2) is 10.9. The highest BCUT2D eigenvalue weighted by Gasteiger charge is 2.18. The van der Waals surface area contributed by atoms with Crippen LogP contribution in [0.5, 0.6) is 5.75 Å². The van der Waals surface area contributed by atoms with Crippen molar-refractivity contribution in [2.75, 3.05) is 24.3 Å². The molecule has 0 fully saturated rings. The summed E-state index contributed by atoms with van der Waals surface area (Å²) in [5.74, 6) is -0.319. The second-order valence-corrected chi connectivity index (χ2v) is 6.66. The molecule has 1 N–H and O–H groups in total. The maximum absolute atomic E-state index is 12.0. The largest absolute Gasteiger partial charge is 0.494 e. The topological polar surface area (TPSA) is 108 Å². The molecule has 0 unspecified atom stereocenters. The van der Waals surface area contributed by atoms with Crippen LogP contribution in [-0.2, 0) is 14.3 Å². The van der Waals surface area contributed by atoms with Gasteiger partial charge in [0.25, 0.3) is 11.6 Å². The minimum absolute atomic E-state index is 0.00846. The van der Waals surface area contributed by atoms with Crippen molar-refractivity contribution in [2.24, 2.45) is 0 Å². The lowest BCUT2D eigenvalue weighted by Gasteiger charge is -2.09. The number of hydrogen-bond donors (Lipinski definition) is 1. The van der Waals surface area contributed by atoms with Gasteiger partial charge < -0.3 is 14.8 Å². The van der Waals surface area contributed by atoms with Crippen molar-refractivity contribution >= 4 is 35.0 Å². The zero-order valence-electron chi connectivity index (χ0n) is 15.3. The van der Waals surface area contributed by atoms with E-state index in [1.165, 1.54) is 30.0 Å². The van der Waals surface area contributed by atoms with Crippen LogP contribution >= 0.6 is 11.8 Å². The molecule has 0 radical (unpaired) electrons. The second-order valence-electron chi connectivity index (χ2n) is 5.49. The van der Waals surface area contributed by atoms with Gasteiger partial charge in [-0.15, -0.1) is 11.8 Å². The molecule has 0 aliphatic heterocycles. The van der Waals surface area contributed by atoms with E-state index in [-0.39, 0.29) is 17.8 Å². The summed E-state index contributed by atoms with van der Waals surface area (Å²) in [6, 6.07) is 13.7. The number of nitro benzene ring substituents is 1. The number of nitro groups is 1. The molecule has 0 heterocycles. The Bertz CT molecular complexity index is 828. The van der Waals surface area contributed by atoms with E-state index in [1.807, 2.05) is 30.3 Å². The fourth-order valence-electron chi connectivity index (χ4n) is 2.20. The molecular formula is C19H20N2O6S. The molecule has 148 valence electrons. The molecule has 28 heavy (non-hydrogen) atoms. The van der Waals surface area contributed by atoms with E-state index in [0.29, 0.717) is 18.1 Å². The smallest absolute Gasteiger partial charge is 0.307 e. The van der Waals surface area contributed by atoms with E-state index in [2.05, 4.69) is 5.32 Å². The van der Waals surface area contributed by atoms with Gasteiger partial charge in [0.05, 0.1) is 24.0 Å². The van der Waals surface area contributed by atoms with Gasteiger partial charge in [-0.1, -0.05) is 18.2 Å². The van der Waals surface area contributed by atoms with Gasteiger partial charge >= 0.3 is 5.97 Å². The summed E-state index contributed by atoms with van der Waals surface area (Å²) < 4.78 is 10.1. The molecule has 0 saturated heterocycles. The van der Waals surface area contributed by atoms with Gasteiger partial charge in [0.2, 0.25) is 0 Å². The van der Waals surface area contributed by atoms with Crippen LogP contribution in [0.25, 0.3) is 0 Å². The third-order valence-corrected chi connectivity index (χ3v) is 4.45. The van der Waals surface area contributed by atoms with Crippen molar-refractivity contribution in [1.29, 1.82) is 0 Å². The number of thioether (sulfide) groups is 1. The van der Waals surface area contributed by atoms with Gasteiger partial charge in [-0.3, -0.25) is 19.7 Å². The molecule has 9 heteroatoms. The predicted octanol–water partition coefficient (Wildman–Crippen LogP) is 3.66. The highest BCUT2D eigenvalue weighted by molar-refractivity contribution is 7.99. The van der Waals surface area contributed by atoms with E-state index in [4.69, 9.17) is 9.47 Å². The average Bonchev–Trinajstić information content (AvgIpc) is 2.68. The molecule has 1 amide bonds. The van der Waals surface area contributed by atoms with Crippen LogP contribution in [0.3, 0.4) is 0 Å². The number of nitrogens with one attached hydrogen (secondary N) is 1. The molecule has 0 aliphatic carbocycles. The maximum atomic E-state index is 12.0. The minimum atomic E-state index is -0.656. The van der Waals surface area contributed by atoms with Crippen LogP contribution < -0.4 is 10.1 Å².